The number of nitrogens with zero attached hydrogens (tertiary/aromatic N) is 1. The molecule has 1 fully saturated rings. The molecule has 29 heavy (non-hydrogen) atoms. The lowest BCUT2D eigenvalue weighted by Gasteiger charge is -2.14. The molecule has 2 amide bonds. The van der Waals surface area contributed by atoms with Gasteiger partial charge in [-0.2, -0.15) is 0 Å². The molecule has 2 aromatic rings. The molecule has 1 aliphatic rings. The van der Waals surface area contributed by atoms with E-state index in [9.17, 15) is 9.59 Å². The average molecular weight is 476 g/mol. The van der Waals surface area contributed by atoms with Crippen molar-refractivity contribution in [3.63, 3.8) is 0 Å². The van der Waals surface area contributed by atoms with Crippen LogP contribution in [0.5, 0.6) is 11.5 Å². The van der Waals surface area contributed by atoms with Crippen molar-refractivity contribution < 1.29 is 19.1 Å². The third-order valence-electron chi connectivity index (χ3n) is 4.32. The highest BCUT2D eigenvalue weighted by Crippen LogP contribution is 2.38. The van der Waals surface area contributed by atoms with Gasteiger partial charge in [-0.15, -0.1) is 0 Å². The van der Waals surface area contributed by atoms with Crippen LogP contribution in [0.3, 0.4) is 0 Å². The Morgan fingerprint density at radius 1 is 1.10 bits per heavy atom. The summed E-state index contributed by atoms with van der Waals surface area (Å²) in [7, 11) is 0. The number of halogens is 1. The van der Waals surface area contributed by atoms with E-state index in [1.807, 2.05) is 44.2 Å². The van der Waals surface area contributed by atoms with Crippen molar-refractivity contribution in [3.05, 3.63) is 62.5 Å². The summed E-state index contributed by atoms with van der Waals surface area (Å²) in [6.45, 7) is 6.98. The van der Waals surface area contributed by atoms with Gasteiger partial charge in [-0.25, -0.2) is 0 Å². The lowest BCUT2D eigenvalue weighted by Crippen LogP contribution is -2.27. The second-order valence-electron chi connectivity index (χ2n) is 6.46. The van der Waals surface area contributed by atoms with Crippen molar-refractivity contribution in [1.29, 1.82) is 0 Å². The molecule has 0 unspecified atom stereocenters. The van der Waals surface area contributed by atoms with Crippen LogP contribution >= 0.6 is 27.7 Å². The zero-order valence-electron chi connectivity index (χ0n) is 16.5. The van der Waals surface area contributed by atoms with Gasteiger partial charge in [0, 0.05) is 11.0 Å². The molecule has 0 spiro atoms. The van der Waals surface area contributed by atoms with Crippen molar-refractivity contribution >= 4 is 44.9 Å². The smallest absolute Gasteiger partial charge is 0.293 e. The van der Waals surface area contributed by atoms with Crippen LogP contribution in [-0.2, 0) is 11.4 Å². The quantitative estimate of drug-likeness (QED) is 0.474. The molecule has 3 rings (SSSR count). The normalized spacial score (nSPS) is 15.3. The second kappa shape index (κ2) is 9.50. The highest BCUT2D eigenvalue weighted by atomic mass is 79.9. The van der Waals surface area contributed by atoms with E-state index in [1.165, 1.54) is 10.5 Å². The fraction of sp³-hybridized carbons (Fsp3) is 0.273. The van der Waals surface area contributed by atoms with Crippen molar-refractivity contribution in [2.24, 2.45) is 0 Å². The highest BCUT2D eigenvalue weighted by molar-refractivity contribution is 9.10. The topological polar surface area (TPSA) is 55.8 Å². The second-order valence-corrected chi connectivity index (χ2v) is 8.30. The van der Waals surface area contributed by atoms with Crippen LogP contribution < -0.4 is 9.47 Å². The Bertz CT molecular complexity index is 973. The zero-order valence-corrected chi connectivity index (χ0v) is 18.9. The maximum atomic E-state index is 12.4. The Kier molecular flexibility index (Phi) is 7.03. The van der Waals surface area contributed by atoms with Gasteiger partial charge in [0.05, 0.1) is 11.5 Å². The molecular formula is C22H22BrNO4S. The van der Waals surface area contributed by atoms with Crippen LogP contribution in [0.1, 0.15) is 30.5 Å². The minimum absolute atomic E-state index is 0.247. The van der Waals surface area contributed by atoms with Crippen molar-refractivity contribution in [1.82, 2.24) is 4.90 Å². The van der Waals surface area contributed by atoms with Crippen molar-refractivity contribution in [3.8, 4) is 11.5 Å². The molecule has 2 aromatic carbocycles. The fourth-order valence-corrected chi connectivity index (χ4v) is 4.25. The van der Waals surface area contributed by atoms with Crippen LogP contribution in [-0.4, -0.2) is 29.2 Å². The molecule has 0 aliphatic carbocycles. The van der Waals surface area contributed by atoms with Crippen LogP contribution in [0.25, 0.3) is 6.08 Å². The molecular weight excluding hydrogens is 454 g/mol. The van der Waals surface area contributed by atoms with E-state index in [0.717, 1.165) is 27.4 Å². The summed E-state index contributed by atoms with van der Waals surface area (Å²) in [5, 5.41) is -0.247. The summed E-state index contributed by atoms with van der Waals surface area (Å²) in [5.74, 6) is 0.926. The van der Waals surface area contributed by atoms with Gasteiger partial charge in [0.1, 0.15) is 6.61 Å². The molecule has 0 radical (unpaired) electrons. The van der Waals surface area contributed by atoms with E-state index < -0.39 is 0 Å². The number of thioether (sulfide) groups is 1. The number of amides is 2. The Labute approximate surface area is 183 Å². The summed E-state index contributed by atoms with van der Waals surface area (Å²) in [5.41, 5.74) is 2.99. The number of aryl methyl sites for hydroxylation is 1. The first kappa shape index (κ1) is 21.5. The average Bonchev–Trinajstić information content (AvgIpc) is 2.95. The summed E-state index contributed by atoms with van der Waals surface area (Å²) in [6, 6.07) is 11.8. The van der Waals surface area contributed by atoms with E-state index in [2.05, 4.69) is 22.0 Å². The van der Waals surface area contributed by atoms with Gasteiger partial charge in [0.2, 0.25) is 0 Å². The first-order valence-electron chi connectivity index (χ1n) is 9.33. The van der Waals surface area contributed by atoms with E-state index in [-0.39, 0.29) is 11.1 Å². The van der Waals surface area contributed by atoms with E-state index in [1.54, 1.807) is 13.0 Å². The Balaban J connectivity index is 1.87. The first-order valence-corrected chi connectivity index (χ1v) is 10.9. The number of imide groups is 1. The van der Waals surface area contributed by atoms with Crippen LogP contribution in [0, 0.1) is 6.92 Å². The van der Waals surface area contributed by atoms with Gasteiger partial charge in [-0.05, 0) is 61.9 Å². The highest BCUT2D eigenvalue weighted by Gasteiger charge is 2.33. The number of hydrogen-bond donors (Lipinski definition) is 0. The number of carbonyl (C=O) groups excluding carboxylic acids is 2. The Hall–Kier alpha value is -2.25. The molecule has 7 heteroatoms. The monoisotopic (exact) mass is 475 g/mol. The minimum atomic E-state index is -0.271. The fourth-order valence-electron chi connectivity index (χ4n) is 2.92. The number of likely N-dealkylation sites (N-methyl/N-ethyl adjacent to an activating group) is 1. The van der Waals surface area contributed by atoms with Gasteiger partial charge >= 0.3 is 0 Å². The van der Waals surface area contributed by atoms with Crippen LogP contribution in [0.15, 0.2) is 45.8 Å². The lowest BCUT2D eigenvalue weighted by molar-refractivity contribution is -0.122. The van der Waals surface area contributed by atoms with Gasteiger partial charge < -0.3 is 9.47 Å². The molecule has 152 valence electrons. The summed E-state index contributed by atoms with van der Waals surface area (Å²) >= 11 is 4.49. The summed E-state index contributed by atoms with van der Waals surface area (Å²) in [6.07, 6.45) is 1.71. The SMILES string of the molecule is CCOc1cc(/C=C2/SC(=O)N(CC)C2=O)c(Br)cc1OCc1cccc(C)c1. The van der Waals surface area contributed by atoms with Crippen LogP contribution in [0.4, 0.5) is 4.79 Å². The largest absolute Gasteiger partial charge is 0.490 e. The number of benzene rings is 2. The van der Waals surface area contributed by atoms with Crippen molar-refractivity contribution in [2.75, 3.05) is 13.2 Å². The number of hydrogen-bond acceptors (Lipinski definition) is 5. The van der Waals surface area contributed by atoms with Gasteiger partial charge in [-0.3, -0.25) is 14.5 Å². The maximum absolute atomic E-state index is 12.4. The lowest BCUT2D eigenvalue weighted by atomic mass is 10.1. The zero-order chi connectivity index (χ0) is 21.0. The van der Waals surface area contributed by atoms with Crippen LogP contribution in [0.2, 0.25) is 0 Å². The molecule has 1 heterocycles. The van der Waals surface area contributed by atoms with Crippen molar-refractivity contribution in [2.45, 2.75) is 27.4 Å². The van der Waals surface area contributed by atoms with E-state index >= 15 is 0 Å². The number of ether oxygens (including phenoxy) is 2. The maximum Gasteiger partial charge on any atom is 0.293 e. The molecule has 1 saturated heterocycles. The number of carbonyl (C=O) groups is 2. The molecule has 0 saturated carbocycles. The molecule has 0 aromatic heterocycles. The first-order chi connectivity index (χ1) is 13.9. The minimum Gasteiger partial charge on any atom is -0.490 e. The molecule has 0 N–H and O–H groups in total. The van der Waals surface area contributed by atoms with Gasteiger partial charge in [-0.1, -0.05) is 45.8 Å². The summed E-state index contributed by atoms with van der Waals surface area (Å²) < 4.78 is 12.5. The van der Waals surface area contributed by atoms with Gasteiger partial charge in [0.15, 0.2) is 11.5 Å². The van der Waals surface area contributed by atoms with E-state index in [0.29, 0.717) is 36.2 Å². The molecule has 0 bridgehead atoms. The third kappa shape index (κ3) is 5.03. The van der Waals surface area contributed by atoms with Gasteiger partial charge in [0.25, 0.3) is 11.1 Å². The molecule has 0 atom stereocenters. The number of rotatable bonds is 7. The van der Waals surface area contributed by atoms with E-state index in [4.69, 9.17) is 9.47 Å². The predicted octanol–water partition coefficient (Wildman–Crippen LogP) is 5.79. The third-order valence-corrected chi connectivity index (χ3v) is 5.91. The Morgan fingerprint density at radius 3 is 2.52 bits per heavy atom. The predicted molar refractivity (Wildman–Crippen MR) is 119 cm³/mol. The standard InChI is InChI=1S/C22H22BrNO4S/c1-4-24-21(25)20(29-22(24)26)11-16-10-18(27-5-2)19(12-17(16)23)28-13-15-8-6-7-14(3)9-15/h6-12H,4-5,13H2,1-3H3/b20-11+. The molecule has 5 nitrogen and oxygen atoms in total. The molecule has 1 aliphatic heterocycles. The Morgan fingerprint density at radius 2 is 1.86 bits per heavy atom. The summed E-state index contributed by atoms with van der Waals surface area (Å²) in [4.78, 5) is 25.9.